The van der Waals surface area contributed by atoms with E-state index in [0.29, 0.717) is 10.7 Å². The third-order valence-electron chi connectivity index (χ3n) is 6.21. The Kier molecular flexibility index (Phi) is 10.0. The number of hydrogen-bond acceptors (Lipinski definition) is 4. The van der Waals surface area contributed by atoms with E-state index < -0.39 is 34.1 Å². The first-order valence-corrected chi connectivity index (χ1v) is 15.3. The Balaban J connectivity index is 2.08. The molecule has 3 rings (SSSR count). The zero-order valence-electron chi connectivity index (χ0n) is 23.9. The quantitative estimate of drug-likeness (QED) is 0.352. The van der Waals surface area contributed by atoms with Gasteiger partial charge in [-0.3, -0.25) is 13.9 Å². The first kappa shape index (κ1) is 31.2. The van der Waals surface area contributed by atoms with Crippen molar-refractivity contribution in [3.63, 3.8) is 0 Å². The summed E-state index contributed by atoms with van der Waals surface area (Å²) in [6.45, 7) is 9.01. The number of sulfonamides is 1. The number of anilines is 1. The van der Waals surface area contributed by atoms with E-state index in [9.17, 15) is 18.0 Å². The van der Waals surface area contributed by atoms with Gasteiger partial charge in [-0.15, -0.1) is 0 Å². The van der Waals surface area contributed by atoms with Gasteiger partial charge >= 0.3 is 0 Å². The molecule has 0 saturated heterocycles. The van der Waals surface area contributed by atoms with Gasteiger partial charge < -0.3 is 10.2 Å². The molecule has 7 nitrogen and oxygen atoms in total. The van der Waals surface area contributed by atoms with Crippen LogP contribution in [0.4, 0.5) is 5.69 Å². The molecule has 3 aromatic carbocycles. The summed E-state index contributed by atoms with van der Waals surface area (Å²) in [4.78, 5) is 29.3. The van der Waals surface area contributed by atoms with Gasteiger partial charge in [0, 0.05) is 23.5 Å². The number of carbonyl (C=O) groups is 2. The van der Waals surface area contributed by atoms with Crippen LogP contribution < -0.4 is 9.62 Å². The normalized spacial score (nSPS) is 12.5. The zero-order valence-corrected chi connectivity index (χ0v) is 25.5. The number of hydrogen-bond donors (Lipinski definition) is 1. The Morgan fingerprint density at radius 2 is 1.48 bits per heavy atom. The Bertz CT molecular complexity index is 1420. The Labute approximate surface area is 243 Å². The molecule has 9 heteroatoms. The van der Waals surface area contributed by atoms with Crippen molar-refractivity contribution in [2.24, 2.45) is 0 Å². The maximum atomic E-state index is 14.1. The summed E-state index contributed by atoms with van der Waals surface area (Å²) in [5.74, 6) is -0.819. The van der Waals surface area contributed by atoms with Crippen molar-refractivity contribution in [2.45, 2.75) is 59.2 Å². The van der Waals surface area contributed by atoms with Crippen LogP contribution in [-0.4, -0.2) is 49.5 Å². The number of aryl methyl sites for hydroxylation is 2. The number of nitrogens with one attached hydrogen (secondary N) is 1. The average Bonchev–Trinajstić information content (AvgIpc) is 2.84. The molecule has 40 heavy (non-hydrogen) atoms. The van der Waals surface area contributed by atoms with E-state index in [0.717, 1.165) is 32.8 Å². The fraction of sp³-hybridized carbons (Fsp3) is 0.355. The van der Waals surface area contributed by atoms with Gasteiger partial charge in [0.1, 0.15) is 12.6 Å². The molecule has 0 aliphatic carbocycles. The van der Waals surface area contributed by atoms with E-state index >= 15 is 0 Å². The number of carbonyl (C=O) groups excluding carboxylic acids is 2. The lowest BCUT2D eigenvalue weighted by atomic mass is 10.0. The van der Waals surface area contributed by atoms with Gasteiger partial charge in [-0.25, -0.2) is 8.42 Å². The molecule has 0 radical (unpaired) electrons. The lowest BCUT2D eigenvalue weighted by Crippen LogP contribution is -2.56. The van der Waals surface area contributed by atoms with Crippen LogP contribution in [-0.2, 0) is 32.6 Å². The molecular weight excluding hydrogens is 546 g/mol. The minimum atomic E-state index is -3.82. The standard InChI is InChI=1S/C31H38ClN3O4S/c1-22-16-23(2)18-27(17-22)35(40(6,38)39)21-29(36)34(20-25-12-14-26(32)15-13-25)28(30(37)33-31(3,4)5)19-24-10-8-7-9-11-24/h7-18,28H,19-21H2,1-6H3,(H,33,37). The van der Waals surface area contributed by atoms with Crippen LogP contribution in [0.5, 0.6) is 0 Å². The first-order valence-electron chi connectivity index (χ1n) is 13.1. The summed E-state index contributed by atoms with van der Waals surface area (Å²) in [7, 11) is -3.82. The summed E-state index contributed by atoms with van der Waals surface area (Å²) in [5, 5.41) is 3.56. The van der Waals surface area contributed by atoms with E-state index in [4.69, 9.17) is 11.6 Å². The monoisotopic (exact) mass is 583 g/mol. The van der Waals surface area contributed by atoms with Crippen LogP contribution in [0.25, 0.3) is 0 Å². The van der Waals surface area contributed by atoms with Crippen LogP contribution in [0, 0.1) is 13.8 Å². The zero-order chi connectivity index (χ0) is 29.7. The molecule has 0 fully saturated rings. The van der Waals surface area contributed by atoms with Crippen molar-refractivity contribution < 1.29 is 18.0 Å². The van der Waals surface area contributed by atoms with Crippen LogP contribution in [0.2, 0.25) is 5.02 Å². The second-order valence-electron chi connectivity index (χ2n) is 11.2. The molecule has 1 N–H and O–H groups in total. The van der Waals surface area contributed by atoms with Gasteiger partial charge in [0.25, 0.3) is 0 Å². The summed E-state index contributed by atoms with van der Waals surface area (Å²) >= 11 is 6.10. The third kappa shape index (κ3) is 9.10. The molecular formula is C31H38ClN3O4S. The molecule has 0 bridgehead atoms. The predicted octanol–water partition coefficient (Wildman–Crippen LogP) is 5.28. The molecule has 0 aliphatic heterocycles. The highest BCUT2D eigenvalue weighted by atomic mass is 35.5. The summed E-state index contributed by atoms with van der Waals surface area (Å²) < 4.78 is 27.0. The van der Waals surface area contributed by atoms with Gasteiger partial charge in [0.2, 0.25) is 21.8 Å². The van der Waals surface area contributed by atoms with E-state index in [-0.39, 0.29) is 18.9 Å². The van der Waals surface area contributed by atoms with Gasteiger partial charge in [0.15, 0.2) is 0 Å². The predicted molar refractivity (Wildman–Crippen MR) is 162 cm³/mol. The molecule has 0 aromatic heterocycles. The van der Waals surface area contributed by atoms with Gasteiger partial charge in [-0.2, -0.15) is 0 Å². The molecule has 1 atom stereocenters. The SMILES string of the molecule is Cc1cc(C)cc(N(CC(=O)N(Cc2ccc(Cl)cc2)C(Cc2ccccc2)C(=O)NC(C)(C)C)S(C)(=O)=O)c1. The van der Waals surface area contributed by atoms with Gasteiger partial charge in [0.05, 0.1) is 11.9 Å². The van der Waals surface area contributed by atoms with Gasteiger partial charge in [-0.1, -0.05) is 60.1 Å². The second-order valence-corrected chi connectivity index (χ2v) is 13.6. The summed E-state index contributed by atoms with van der Waals surface area (Å²) in [6.07, 6.45) is 1.33. The van der Waals surface area contributed by atoms with Crippen molar-refractivity contribution in [3.05, 3.63) is 100 Å². The molecule has 0 heterocycles. The maximum absolute atomic E-state index is 14.1. The molecule has 3 aromatic rings. The minimum Gasteiger partial charge on any atom is -0.350 e. The van der Waals surface area contributed by atoms with Crippen molar-refractivity contribution >= 4 is 39.1 Å². The molecule has 214 valence electrons. The smallest absolute Gasteiger partial charge is 0.244 e. The Morgan fingerprint density at radius 3 is 2.00 bits per heavy atom. The Morgan fingerprint density at radius 1 is 0.900 bits per heavy atom. The highest BCUT2D eigenvalue weighted by Gasteiger charge is 2.34. The number of amides is 2. The molecule has 1 unspecified atom stereocenters. The topological polar surface area (TPSA) is 86.8 Å². The first-order chi connectivity index (χ1) is 18.6. The van der Waals surface area contributed by atoms with Crippen LogP contribution in [0.1, 0.15) is 43.0 Å². The van der Waals surface area contributed by atoms with Crippen molar-refractivity contribution in [1.82, 2.24) is 10.2 Å². The van der Waals surface area contributed by atoms with E-state index in [1.807, 2.05) is 71.0 Å². The van der Waals surface area contributed by atoms with Crippen molar-refractivity contribution in [1.29, 1.82) is 0 Å². The number of nitrogens with zero attached hydrogens (tertiary/aromatic N) is 2. The third-order valence-corrected chi connectivity index (χ3v) is 7.60. The van der Waals surface area contributed by atoms with Crippen LogP contribution >= 0.6 is 11.6 Å². The maximum Gasteiger partial charge on any atom is 0.244 e. The molecule has 0 aliphatic rings. The van der Waals surface area contributed by atoms with Crippen LogP contribution in [0.15, 0.2) is 72.8 Å². The van der Waals surface area contributed by atoms with E-state index in [1.54, 1.807) is 36.4 Å². The Hall–Kier alpha value is -3.36. The average molecular weight is 584 g/mol. The molecule has 0 spiro atoms. The second kappa shape index (κ2) is 12.9. The molecule has 0 saturated carbocycles. The lowest BCUT2D eigenvalue weighted by Gasteiger charge is -2.35. The number of rotatable bonds is 10. The molecule has 2 amide bonds. The number of benzene rings is 3. The van der Waals surface area contributed by atoms with Crippen molar-refractivity contribution in [2.75, 3.05) is 17.1 Å². The lowest BCUT2D eigenvalue weighted by molar-refractivity contribution is -0.140. The highest BCUT2D eigenvalue weighted by Crippen LogP contribution is 2.23. The largest absolute Gasteiger partial charge is 0.350 e. The fourth-order valence-electron chi connectivity index (χ4n) is 4.50. The van der Waals surface area contributed by atoms with E-state index in [2.05, 4.69) is 5.32 Å². The minimum absolute atomic E-state index is 0.0928. The van der Waals surface area contributed by atoms with Gasteiger partial charge in [-0.05, 0) is 81.1 Å². The fourth-order valence-corrected chi connectivity index (χ4v) is 5.46. The van der Waals surface area contributed by atoms with E-state index in [1.165, 1.54) is 4.90 Å². The number of halogens is 1. The van der Waals surface area contributed by atoms with Crippen LogP contribution in [0.3, 0.4) is 0 Å². The summed E-state index contributed by atoms with van der Waals surface area (Å²) in [6, 6.07) is 21.0. The van der Waals surface area contributed by atoms with Crippen molar-refractivity contribution in [3.8, 4) is 0 Å². The highest BCUT2D eigenvalue weighted by molar-refractivity contribution is 7.92. The summed E-state index contributed by atoms with van der Waals surface area (Å²) in [5.41, 5.74) is 3.25.